The quantitative estimate of drug-likeness (QED) is 0.486. The average Bonchev–Trinajstić information content (AvgIpc) is 3.32. The number of aromatic nitrogens is 3. The van der Waals surface area contributed by atoms with Gasteiger partial charge in [0, 0.05) is 10.9 Å². The van der Waals surface area contributed by atoms with Crippen molar-refractivity contribution in [3.05, 3.63) is 47.5 Å². The number of hydrogen-bond acceptors (Lipinski definition) is 7. The lowest BCUT2D eigenvalue weighted by molar-refractivity contribution is -0.779. The van der Waals surface area contributed by atoms with E-state index >= 15 is 0 Å². The van der Waals surface area contributed by atoms with Gasteiger partial charge in [-0.25, -0.2) is 4.98 Å². The Morgan fingerprint density at radius 3 is 2.86 bits per heavy atom. The molecule has 1 aromatic carbocycles. The first-order chi connectivity index (χ1) is 14.0. The highest BCUT2D eigenvalue weighted by Gasteiger charge is 2.22. The number of carbonyl (C=O) groups is 1. The zero-order chi connectivity index (χ0) is 20.5. The van der Waals surface area contributed by atoms with Gasteiger partial charge >= 0.3 is 5.88 Å². The van der Waals surface area contributed by atoms with E-state index in [4.69, 9.17) is 15.0 Å². The number of rotatable bonds is 5. The molecule has 0 aliphatic carbocycles. The topological polar surface area (TPSA) is 107 Å². The number of amides is 1. The lowest BCUT2D eigenvalue weighted by atomic mass is 10.1. The van der Waals surface area contributed by atoms with Crippen LogP contribution in [0.3, 0.4) is 0 Å². The molecule has 0 radical (unpaired) electrons. The number of ether oxygens (including phenoxy) is 1. The summed E-state index contributed by atoms with van der Waals surface area (Å²) in [7, 11) is 1.62. The van der Waals surface area contributed by atoms with Crippen LogP contribution in [0.1, 0.15) is 29.6 Å². The van der Waals surface area contributed by atoms with Gasteiger partial charge in [-0.05, 0) is 42.8 Å². The van der Waals surface area contributed by atoms with Crippen LogP contribution in [0.25, 0.3) is 21.5 Å². The van der Waals surface area contributed by atoms with Gasteiger partial charge in [-0.1, -0.05) is 12.1 Å². The average molecular weight is 410 g/mol. The number of anilines is 2. The molecule has 0 spiro atoms. The van der Waals surface area contributed by atoms with E-state index < -0.39 is 0 Å². The first-order valence-electron chi connectivity index (χ1n) is 8.99. The maximum atomic E-state index is 12.7. The normalized spacial score (nSPS) is 11.2. The van der Waals surface area contributed by atoms with E-state index in [0.717, 1.165) is 22.4 Å². The fourth-order valence-electron chi connectivity index (χ4n) is 2.83. The summed E-state index contributed by atoms with van der Waals surface area (Å²) in [6, 6.07) is 11.5. The molecule has 1 amide bonds. The summed E-state index contributed by atoms with van der Waals surface area (Å²) < 4.78 is 12.0. The number of pyridine rings is 1. The monoisotopic (exact) mass is 410 g/mol. The number of benzene rings is 1. The second-order valence-electron chi connectivity index (χ2n) is 6.72. The molecule has 0 aliphatic heterocycles. The molecule has 3 aromatic heterocycles. The second kappa shape index (κ2) is 7.51. The van der Waals surface area contributed by atoms with Crippen LogP contribution >= 0.6 is 11.3 Å². The van der Waals surface area contributed by atoms with Gasteiger partial charge in [0.1, 0.15) is 15.5 Å². The van der Waals surface area contributed by atoms with Gasteiger partial charge in [0.25, 0.3) is 12.1 Å². The number of nitrogen functional groups attached to an aromatic ring is 1. The van der Waals surface area contributed by atoms with Gasteiger partial charge in [0.05, 0.1) is 18.5 Å². The van der Waals surface area contributed by atoms with Crippen LogP contribution in [0.5, 0.6) is 5.75 Å². The molecular formula is C20H20N5O3S+. The summed E-state index contributed by atoms with van der Waals surface area (Å²) >= 11 is 1.23. The van der Waals surface area contributed by atoms with Crippen LogP contribution in [0.15, 0.2) is 47.1 Å². The number of methoxy groups -OCH3 is 1. The zero-order valence-electron chi connectivity index (χ0n) is 16.2. The lowest BCUT2D eigenvalue weighted by Gasteiger charge is -2.04. The van der Waals surface area contributed by atoms with Crippen molar-refractivity contribution in [1.29, 1.82) is 0 Å². The van der Waals surface area contributed by atoms with Crippen molar-refractivity contribution in [2.24, 2.45) is 0 Å². The van der Waals surface area contributed by atoms with Crippen LogP contribution in [-0.4, -0.2) is 23.3 Å². The summed E-state index contributed by atoms with van der Waals surface area (Å²) in [6.07, 6.45) is 1.63. The van der Waals surface area contributed by atoms with Crippen molar-refractivity contribution in [2.75, 3.05) is 18.2 Å². The minimum atomic E-state index is -0.361. The predicted molar refractivity (Wildman–Crippen MR) is 111 cm³/mol. The smallest absolute Gasteiger partial charge is 0.302 e. The number of carbonyl (C=O) groups excluding carboxylic acids is 1. The Morgan fingerprint density at radius 1 is 1.31 bits per heavy atom. The van der Waals surface area contributed by atoms with Crippen molar-refractivity contribution in [2.45, 2.75) is 19.9 Å². The maximum absolute atomic E-state index is 12.7. The first kappa shape index (κ1) is 18.9. The summed E-state index contributed by atoms with van der Waals surface area (Å²) in [5.41, 5.74) is 8.31. The molecule has 4 rings (SSSR count). The molecule has 0 unspecified atom stereocenters. The Kier molecular flexibility index (Phi) is 4.89. The molecule has 3 heterocycles. The molecule has 29 heavy (non-hydrogen) atoms. The first-order valence-corrected chi connectivity index (χ1v) is 9.81. The van der Waals surface area contributed by atoms with Gasteiger partial charge in [-0.2, -0.15) is 0 Å². The van der Waals surface area contributed by atoms with Gasteiger partial charge in [-0.15, -0.1) is 11.3 Å². The van der Waals surface area contributed by atoms with E-state index in [1.807, 2.05) is 50.2 Å². The zero-order valence-corrected chi connectivity index (χ0v) is 17.0. The molecule has 9 heteroatoms. The lowest BCUT2D eigenvalue weighted by Crippen LogP contribution is -2.36. The highest BCUT2D eigenvalue weighted by molar-refractivity contribution is 7.21. The molecule has 8 nitrogen and oxygen atoms in total. The fraction of sp³-hybridized carbons (Fsp3) is 0.200. The molecule has 0 aliphatic rings. The summed E-state index contributed by atoms with van der Waals surface area (Å²) in [5, 5.41) is 7.29. The standard InChI is InChI=1S/C20H19N5O3S/c1-11(2)25-10-16(28-24-25)23-19(26)18-17(21)14-7-8-15(22-20(14)29-18)12-5-4-6-13(9-12)27-3/h4-11H,1-3H3,(H2-,21,23,24,26)/p+1. The highest BCUT2D eigenvalue weighted by Crippen LogP contribution is 2.35. The number of hydrogen-bond donors (Lipinski definition) is 2. The molecule has 0 bridgehead atoms. The predicted octanol–water partition coefficient (Wildman–Crippen LogP) is 3.66. The van der Waals surface area contributed by atoms with Crippen molar-refractivity contribution in [1.82, 2.24) is 10.3 Å². The summed E-state index contributed by atoms with van der Waals surface area (Å²) in [6.45, 7) is 3.92. The maximum Gasteiger partial charge on any atom is 0.302 e. The van der Waals surface area contributed by atoms with Crippen molar-refractivity contribution in [3.63, 3.8) is 0 Å². The van der Waals surface area contributed by atoms with Crippen LogP contribution in [-0.2, 0) is 0 Å². The van der Waals surface area contributed by atoms with E-state index in [1.54, 1.807) is 18.0 Å². The SMILES string of the molecule is COc1cccc(-c2ccc3c(N)c(C(=O)Nc4c[n+](C(C)C)no4)sc3n2)c1. The minimum Gasteiger partial charge on any atom is -0.497 e. The van der Waals surface area contributed by atoms with Gasteiger partial charge < -0.3 is 10.5 Å². The molecule has 0 atom stereocenters. The Bertz CT molecular complexity index is 1200. The van der Waals surface area contributed by atoms with Gasteiger partial charge in [0.15, 0.2) is 6.04 Å². The van der Waals surface area contributed by atoms with Gasteiger partial charge in [0.2, 0.25) is 5.27 Å². The van der Waals surface area contributed by atoms with E-state index in [2.05, 4.69) is 15.6 Å². The second-order valence-corrected chi connectivity index (χ2v) is 7.72. The molecule has 4 aromatic rings. The Balaban J connectivity index is 1.65. The number of fused-ring (bicyclic) bond motifs is 1. The molecule has 0 saturated carbocycles. The van der Waals surface area contributed by atoms with Crippen molar-refractivity contribution >= 4 is 39.0 Å². The minimum absolute atomic E-state index is 0.123. The molecule has 3 N–H and O–H groups in total. The van der Waals surface area contributed by atoms with Crippen LogP contribution in [0.4, 0.5) is 11.6 Å². The van der Waals surface area contributed by atoms with Crippen LogP contribution in [0.2, 0.25) is 0 Å². The van der Waals surface area contributed by atoms with Crippen molar-refractivity contribution in [3.8, 4) is 17.0 Å². The third kappa shape index (κ3) is 3.64. The molecule has 0 saturated heterocycles. The van der Waals surface area contributed by atoms with E-state index in [-0.39, 0.29) is 17.8 Å². The van der Waals surface area contributed by atoms with Crippen LogP contribution < -0.4 is 20.5 Å². The Morgan fingerprint density at radius 2 is 2.14 bits per heavy atom. The summed E-state index contributed by atoms with van der Waals surface area (Å²) in [5.74, 6) is 0.645. The number of nitrogens with two attached hydrogens (primary N) is 1. The highest BCUT2D eigenvalue weighted by atomic mass is 32.1. The fourth-order valence-corrected chi connectivity index (χ4v) is 3.82. The number of thiophene rings is 1. The molecule has 148 valence electrons. The van der Waals surface area contributed by atoms with Crippen molar-refractivity contribution < 1.29 is 18.7 Å². The van der Waals surface area contributed by atoms with Crippen LogP contribution in [0, 0.1) is 0 Å². The largest absolute Gasteiger partial charge is 0.497 e. The number of nitrogens with zero attached hydrogens (tertiary/aromatic N) is 3. The summed E-state index contributed by atoms with van der Waals surface area (Å²) in [4.78, 5) is 18.4. The number of nitrogens with one attached hydrogen (secondary N) is 1. The van der Waals surface area contributed by atoms with Gasteiger partial charge in [-0.3, -0.25) is 14.6 Å². The van der Waals surface area contributed by atoms with E-state index in [0.29, 0.717) is 15.4 Å². The Hall–Kier alpha value is -3.46. The molecule has 0 fully saturated rings. The third-order valence-electron chi connectivity index (χ3n) is 4.41. The third-order valence-corrected chi connectivity index (χ3v) is 5.53. The molecular weight excluding hydrogens is 390 g/mol. The van der Waals surface area contributed by atoms with E-state index in [9.17, 15) is 4.79 Å². The Labute approximate surface area is 170 Å². The van der Waals surface area contributed by atoms with E-state index in [1.165, 1.54) is 11.3 Å².